The van der Waals surface area contributed by atoms with E-state index in [-0.39, 0.29) is 25.7 Å². The number of ether oxygens (including phenoxy) is 4. The minimum absolute atomic E-state index is 0.101. The van der Waals surface area contributed by atoms with Crippen molar-refractivity contribution < 1.29 is 80.2 Å². The zero-order valence-electron chi connectivity index (χ0n) is 64.4. The summed E-state index contributed by atoms with van der Waals surface area (Å²) in [5.74, 6) is 0.162. The SMILES string of the molecule is CCCCCC/C=C\C=C/CCCCCCCC(=O)OC[C@H](COP(=O)(O)OCC(O)COP(=O)(O)OC[C@@H](COC(=O)CCCCCCCCCC(C)C)OC(=O)CCCCCCCCCCCC(C)C)OC(=O)CCCCCCCCCCCCCCCCCCCCC(C)CC. The maximum atomic E-state index is 13.1. The van der Waals surface area contributed by atoms with Gasteiger partial charge in [0.2, 0.25) is 0 Å². The van der Waals surface area contributed by atoms with Crippen LogP contribution in [0.15, 0.2) is 24.3 Å². The molecule has 0 aromatic heterocycles. The molecule has 3 N–H and O–H groups in total. The second-order valence-corrected chi connectivity index (χ2v) is 32.2. The molecule has 99 heavy (non-hydrogen) atoms. The second kappa shape index (κ2) is 69.9. The van der Waals surface area contributed by atoms with Crippen molar-refractivity contribution in [3.05, 3.63) is 24.3 Å². The number of phosphoric acid groups is 2. The van der Waals surface area contributed by atoms with Crippen molar-refractivity contribution in [1.82, 2.24) is 0 Å². The number of carbonyl (C=O) groups is 4. The highest BCUT2D eigenvalue weighted by Crippen LogP contribution is 2.45. The van der Waals surface area contributed by atoms with E-state index < -0.39 is 97.5 Å². The Bertz CT molecular complexity index is 2020. The first-order valence-electron chi connectivity index (χ1n) is 40.7. The van der Waals surface area contributed by atoms with Gasteiger partial charge in [-0.25, -0.2) is 9.13 Å². The zero-order valence-corrected chi connectivity index (χ0v) is 66.2. The number of allylic oxidation sites excluding steroid dienone is 4. The van der Waals surface area contributed by atoms with E-state index in [0.717, 1.165) is 127 Å². The predicted octanol–water partition coefficient (Wildman–Crippen LogP) is 23.3. The van der Waals surface area contributed by atoms with Gasteiger partial charge in [0.1, 0.15) is 19.3 Å². The highest BCUT2D eigenvalue weighted by atomic mass is 31.2. The average Bonchev–Trinajstić information content (AvgIpc) is 1.19. The lowest BCUT2D eigenvalue weighted by Crippen LogP contribution is -2.30. The van der Waals surface area contributed by atoms with Gasteiger partial charge in [-0.15, -0.1) is 0 Å². The summed E-state index contributed by atoms with van der Waals surface area (Å²) in [5.41, 5.74) is 0. The van der Waals surface area contributed by atoms with Crippen molar-refractivity contribution in [2.45, 2.75) is 407 Å². The van der Waals surface area contributed by atoms with Crippen LogP contribution in [0.2, 0.25) is 0 Å². The Balaban J connectivity index is 5.24. The molecular formula is C80H152O17P2. The number of aliphatic hydroxyl groups is 1. The molecule has 0 fully saturated rings. The molecule has 0 aliphatic heterocycles. The number of hydrogen-bond donors (Lipinski definition) is 3. The Hall–Kier alpha value is -2.46. The molecule has 0 spiro atoms. The van der Waals surface area contributed by atoms with Crippen LogP contribution in [-0.4, -0.2) is 96.7 Å². The number of esters is 4. The van der Waals surface area contributed by atoms with Gasteiger partial charge in [-0.05, 0) is 69.1 Å². The van der Waals surface area contributed by atoms with E-state index >= 15 is 0 Å². The summed E-state index contributed by atoms with van der Waals surface area (Å²) in [4.78, 5) is 72.9. The molecule has 0 rings (SSSR count). The van der Waals surface area contributed by atoms with E-state index in [1.165, 1.54) is 173 Å². The van der Waals surface area contributed by atoms with Crippen LogP contribution < -0.4 is 0 Å². The van der Waals surface area contributed by atoms with E-state index in [0.29, 0.717) is 31.6 Å². The largest absolute Gasteiger partial charge is 0.472 e. The van der Waals surface area contributed by atoms with Gasteiger partial charge in [0.05, 0.1) is 26.4 Å². The molecule has 0 radical (unpaired) electrons. The lowest BCUT2D eigenvalue weighted by Gasteiger charge is -2.21. The second-order valence-electron chi connectivity index (χ2n) is 29.3. The Labute approximate surface area is 605 Å². The maximum absolute atomic E-state index is 13.1. The molecule has 0 heterocycles. The van der Waals surface area contributed by atoms with Crippen LogP contribution in [0.5, 0.6) is 0 Å². The van der Waals surface area contributed by atoms with Crippen LogP contribution in [-0.2, 0) is 65.4 Å². The van der Waals surface area contributed by atoms with E-state index in [9.17, 15) is 43.2 Å². The minimum Gasteiger partial charge on any atom is -0.462 e. The molecule has 0 saturated carbocycles. The summed E-state index contributed by atoms with van der Waals surface area (Å²) in [6, 6.07) is 0. The molecule has 4 unspecified atom stereocenters. The summed E-state index contributed by atoms with van der Waals surface area (Å²) in [5, 5.41) is 10.6. The number of rotatable bonds is 76. The fourth-order valence-electron chi connectivity index (χ4n) is 11.7. The summed E-state index contributed by atoms with van der Waals surface area (Å²) in [6.45, 7) is 11.8. The molecule has 19 heteroatoms. The van der Waals surface area contributed by atoms with Gasteiger partial charge in [0.25, 0.3) is 0 Å². The first-order chi connectivity index (χ1) is 47.8. The van der Waals surface area contributed by atoms with Crippen molar-refractivity contribution in [2.75, 3.05) is 39.6 Å². The van der Waals surface area contributed by atoms with Gasteiger partial charge in [-0.3, -0.25) is 37.3 Å². The molecule has 0 saturated heterocycles. The van der Waals surface area contributed by atoms with Gasteiger partial charge < -0.3 is 33.8 Å². The fourth-order valence-corrected chi connectivity index (χ4v) is 13.3. The third-order valence-corrected chi connectivity index (χ3v) is 20.3. The number of aliphatic hydroxyl groups excluding tert-OH is 1. The van der Waals surface area contributed by atoms with Gasteiger partial charge in [-0.1, -0.05) is 336 Å². The Morgan fingerprint density at radius 3 is 0.899 bits per heavy atom. The third kappa shape index (κ3) is 72.3. The molecule has 0 aromatic rings. The fraction of sp³-hybridized carbons (Fsp3) is 0.900. The van der Waals surface area contributed by atoms with Crippen molar-refractivity contribution in [1.29, 1.82) is 0 Å². The summed E-state index contributed by atoms with van der Waals surface area (Å²) >= 11 is 0. The van der Waals surface area contributed by atoms with Gasteiger partial charge in [0.15, 0.2) is 12.2 Å². The first-order valence-corrected chi connectivity index (χ1v) is 43.7. The van der Waals surface area contributed by atoms with E-state index in [2.05, 4.69) is 72.8 Å². The van der Waals surface area contributed by atoms with Crippen LogP contribution in [0.4, 0.5) is 0 Å². The lowest BCUT2D eigenvalue weighted by atomic mass is 9.99. The molecule has 0 aromatic carbocycles. The normalized spacial score (nSPS) is 14.4. The molecule has 0 bridgehead atoms. The Morgan fingerprint density at radius 1 is 0.333 bits per heavy atom. The van der Waals surface area contributed by atoms with Crippen LogP contribution in [0.25, 0.3) is 0 Å². The standard InChI is InChI=1S/C80H152O17P2/c1-8-10-11-12-13-14-15-16-21-25-28-33-40-47-54-61-77(82)90-67-75(96-79(84)63-56-49-41-34-29-26-23-20-18-17-19-22-24-27-32-39-46-53-60-73(7)9-2)69-94-98(86,87)92-65-74(81)66-93-99(88,89)95-70-76(68-91-78(83)62-55-48-43-36-38-45-52-59-72(5)6)97-80(85)64-57-50-42-35-30-31-37-44-51-58-71(3)4/h14-16,21,71-76,81H,8-13,17-20,22-70H2,1-7H3,(H,86,87)(H,88,89)/b15-14-,21-16-/t73?,74?,75-,76-/m1/s1. The van der Waals surface area contributed by atoms with E-state index in [4.69, 9.17) is 37.0 Å². The van der Waals surface area contributed by atoms with Gasteiger partial charge >= 0.3 is 39.5 Å². The summed E-state index contributed by atoms with van der Waals surface area (Å²) < 4.78 is 68.6. The topological polar surface area (TPSA) is 237 Å². The molecular weight excluding hydrogens is 1290 g/mol. The monoisotopic (exact) mass is 1450 g/mol. The Morgan fingerprint density at radius 2 is 0.596 bits per heavy atom. The average molecular weight is 1450 g/mol. The maximum Gasteiger partial charge on any atom is 0.472 e. The third-order valence-electron chi connectivity index (χ3n) is 18.4. The highest BCUT2D eigenvalue weighted by molar-refractivity contribution is 7.47. The zero-order chi connectivity index (χ0) is 73.0. The highest BCUT2D eigenvalue weighted by Gasteiger charge is 2.30. The van der Waals surface area contributed by atoms with E-state index in [1.54, 1.807) is 0 Å². The van der Waals surface area contributed by atoms with Crippen LogP contribution in [0, 0.1) is 17.8 Å². The molecule has 0 amide bonds. The lowest BCUT2D eigenvalue weighted by molar-refractivity contribution is -0.161. The number of hydrogen-bond acceptors (Lipinski definition) is 15. The van der Waals surface area contributed by atoms with Crippen LogP contribution in [0.1, 0.15) is 389 Å². The number of unbranched alkanes of at least 4 members (excludes halogenated alkanes) is 40. The van der Waals surface area contributed by atoms with Crippen LogP contribution in [0.3, 0.4) is 0 Å². The van der Waals surface area contributed by atoms with E-state index in [1.807, 2.05) is 0 Å². The molecule has 0 aliphatic rings. The minimum atomic E-state index is -4.97. The quantitative estimate of drug-likeness (QED) is 0.0169. The van der Waals surface area contributed by atoms with Gasteiger partial charge in [-0.2, -0.15) is 0 Å². The Kier molecular flexibility index (Phi) is 68.1. The van der Waals surface area contributed by atoms with Crippen molar-refractivity contribution in [3.8, 4) is 0 Å². The molecule has 17 nitrogen and oxygen atoms in total. The molecule has 6 atom stereocenters. The first kappa shape index (κ1) is 96.5. The summed E-state index contributed by atoms with van der Waals surface area (Å²) in [6.07, 6.45) is 60.6. The number of carbonyl (C=O) groups excluding carboxylic acids is 4. The van der Waals surface area contributed by atoms with Crippen molar-refractivity contribution >= 4 is 39.5 Å². The van der Waals surface area contributed by atoms with Gasteiger partial charge in [0, 0.05) is 25.7 Å². The number of phosphoric ester groups is 2. The molecule has 584 valence electrons. The van der Waals surface area contributed by atoms with Crippen molar-refractivity contribution in [3.63, 3.8) is 0 Å². The smallest absolute Gasteiger partial charge is 0.462 e. The van der Waals surface area contributed by atoms with Crippen molar-refractivity contribution in [2.24, 2.45) is 17.8 Å². The predicted molar refractivity (Wildman–Crippen MR) is 404 cm³/mol. The summed E-state index contributed by atoms with van der Waals surface area (Å²) in [7, 11) is -9.93. The van der Waals surface area contributed by atoms with Crippen LogP contribution >= 0.6 is 15.6 Å². The molecule has 0 aliphatic carbocycles.